The molecule has 11 nitrogen and oxygen atoms in total. The van der Waals surface area contributed by atoms with E-state index in [1.54, 1.807) is 26.0 Å². The fraction of sp³-hybridized carbons (Fsp3) is 0.342. The molecular formula is C38H41N3O8S. The molecule has 0 radical (unpaired) electrons. The molecule has 1 aliphatic carbocycles. The molecule has 0 saturated heterocycles. The number of ether oxygens (including phenoxy) is 3. The van der Waals surface area contributed by atoms with Crippen molar-refractivity contribution in [1.29, 1.82) is 0 Å². The zero-order chi connectivity index (χ0) is 36.1. The van der Waals surface area contributed by atoms with Crippen LogP contribution in [0, 0.1) is 11.8 Å². The summed E-state index contributed by atoms with van der Waals surface area (Å²) in [5, 5.41) is 3.77. The van der Waals surface area contributed by atoms with Gasteiger partial charge in [0.15, 0.2) is 5.60 Å². The fourth-order valence-electron chi connectivity index (χ4n) is 5.98. The molecule has 0 bridgehead atoms. The van der Waals surface area contributed by atoms with E-state index in [1.807, 2.05) is 36.0 Å². The Balaban J connectivity index is 1.34. The first-order valence-electron chi connectivity index (χ1n) is 16.4. The quantitative estimate of drug-likeness (QED) is 0.142. The van der Waals surface area contributed by atoms with E-state index >= 15 is 0 Å². The molecule has 12 heteroatoms. The van der Waals surface area contributed by atoms with Crippen molar-refractivity contribution in [2.75, 3.05) is 12.4 Å². The second-order valence-electron chi connectivity index (χ2n) is 12.5. The Hall–Kier alpha value is -5.28. The Morgan fingerprint density at radius 1 is 1.02 bits per heavy atom. The standard InChI is InChI=1S/C38H41N3O8S/c1-6-38(3,49-25(2)42)20-19-26-11-7-10-14-35(26)50(45,46)40-36(43)28-16-15-27(34(22-28)47-5)21-29-24-41(4)33-18-17-30(23-32(29)33)39-37(44)48-31-12-8-9-13-31/h7,10-11,14-18,22-24,31H,6,8-9,12-13,21H2,1-5H3,(H,39,44)(H,40,43). The highest BCUT2D eigenvalue weighted by Gasteiger charge is 2.25. The van der Waals surface area contributed by atoms with Gasteiger partial charge in [0.05, 0.1) is 7.11 Å². The van der Waals surface area contributed by atoms with E-state index in [0.29, 0.717) is 24.3 Å². The molecule has 2 amide bonds. The summed E-state index contributed by atoms with van der Waals surface area (Å²) in [6.07, 6.45) is 6.20. The monoisotopic (exact) mass is 699 g/mol. The number of nitrogens with zero attached hydrogens (tertiary/aromatic N) is 1. The van der Waals surface area contributed by atoms with Crippen LogP contribution >= 0.6 is 0 Å². The number of fused-ring (bicyclic) bond motifs is 1. The lowest BCUT2D eigenvalue weighted by Crippen LogP contribution is -2.31. The zero-order valence-corrected chi connectivity index (χ0v) is 29.6. The summed E-state index contributed by atoms with van der Waals surface area (Å²) in [7, 11) is -0.933. The molecule has 0 spiro atoms. The number of hydrogen-bond acceptors (Lipinski definition) is 8. The summed E-state index contributed by atoms with van der Waals surface area (Å²) < 4.78 is 47.5. The molecular weight excluding hydrogens is 658 g/mol. The topological polar surface area (TPSA) is 142 Å². The normalized spacial score (nSPS) is 14.3. The molecule has 1 unspecified atom stereocenters. The molecule has 2 N–H and O–H groups in total. The van der Waals surface area contributed by atoms with Gasteiger partial charge in [0.1, 0.15) is 16.7 Å². The third kappa shape index (κ3) is 8.47. The second-order valence-corrected chi connectivity index (χ2v) is 14.1. The van der Waals surface area contributed by atoms with Crippen LogP contribution in [0.5, 0.6) is 5.75 Å². The second kappa shape index (κ2) is 15.1. The Labute approximate surface area is 292 Å². The minimum atomic E-state index is -4.35. The van der Waals surface area contributed by atoms with Crippen LogP contribution < -0.4 is 14.8 Å². The summed E-state index contributed by atoms with van der Waals surface area (Å²) >= 11 is 0. The number of esters is 1. The number of amides is 2. The zero-order valence-electron chi connectivity index (χ0n) is 28.8. The highest BCUT2D eigenvalue weighted by atomic mass is 32.2. The summed E-state index contributed by atoms with van der Waals surface area (Å²) in [6, 6.07) is 16.4. The number of sulfonamides is 1. The van der Waals surface area contributed by atoms with Gasteiger partial charge in [0.25, 0.3) is 15.9 Å². The maximum absolute atomic E-state index is 13.4. The van der Waals surface area contributed by atoms with Crippen LogP contribution in [0.3, 0.4) is 0 Å². The molecule has 5 rings (SSSR count). The number of hydrogen-bond donors (Lipinski definition) is 2. The number of benzene rings is 3. The van der Waals surface area contributed by atoms with Crippen molar-refractivity contribution in [3.05, 3.63) is 89.1 Å². The lowest BCUT2D eigenvalue weighted by Gasteiger charge is -2.21. The van der Waals surface area contributed by atoms with E-state index in [0.717, 1.165) is 47.7 Å². The SMILES string of the molecule is CCC(C)(C#Cc1ccccc1S(=O)(=O)NC(=O)c1ccc(Cc2cn(C)c3ccc(NC(=O)OC4CCCC4)cc23)c(OC)c1)OC(C)=O. The average Bonchev–Trinajstić information content (AvgIpc) is 3.70. The average molecular weight is 700 g/mol. The Kier molecular flexibility index (Phi) is 10.9. The van der Waals surface area contributed by atoms with E-state index in [9.17, 15) is 22.8 Å². The van der Waals surface area contributed by atoms with Crippen molar-refractivity contribution in [1.82, 2.24) is 9.29 Å². The van der Waals surface area contributed by atoms with Crippen molar-refractivity contribution in [2.45, 2.75) is 75.9 Å². The van der Waals surface area contributed by atoms with Crippen LogP contribution in [-0.2, 0) is 37.8 Å². The van der Waals surface area contributed by atoms with Gasteiger partial charge < -0.3 is 18.8 Å². The predicted octanol–water partition coefficient (Wildman–Crippen LogP) is 6.47. The molecule has 1 aliphatic rings. The molecule has 1 saturated carbocycles. The first-order valence-corrected chi connectivity index (χ1v) is 17.9. The van der Waals surface area contributed by atoms with E-state index < -0.39 is 33.6 Å². The van der Waals surface area contributed by atoms with E-state index in [1.165, 1.54) is 44.4 Å². The summed E-state index contributed by atoms with van der Waals surface area (Å²) in [5.41, 5.74) is 2.42. The molecule has 1 atom stereocenters. The number of carbonyl (C=O) groups is 3. The smallest absolute Gasteiger partial charge is 0.411 e. The molecule has 1 aromatic heterocycles. The van der Waals surface area contributed by atoms with Crippen molar-refractivity contribution in [3.63, 3.8) is 0 Å². The molecule has 262 valence electrons. The summed E-state index contributed by atoms with van der Waals surface area (Å²) in [6.45, 7) is 4.72. The molecule has 3 aromatic carbocycles. The molecule has 50 heavy (non-hydrogen) atoms. The maximum atomic E-state index is 13.4. The highest BCUT2D eigenvalue weighted by molar-refractivity contribution is 7.90. The minimum Gasteiger partial charge on any atom is -0.496 e. The van der Waals surface area contributed by atoms with Gasteiger partial charge in [-0.1, -0.05) is 37.0 Å². The first kappa shape index (κ1) is 36.0. The van der Waals surface area contributed by atoms with E-state index in [-0.39, 0.29) is 22.1 Å². The van der Waals surface area contributed by atoms with Gasteiger partial charge >= 0.3 is 12.1 Å². The number of anilines is 1. The molecule has 1 heterocycles. The van der Waals surface area contributed by atoms with Crippen molar-refractivity contribution in [2.24, 2.45) is 7.05 Å². The number of methoxy groups -OCH3 is 1. The van der Waals surface area contributed by atoms with Crippen LogP contribution in [0.4, 0.5) is 10.5 Å². The number of aryl methyl sites for hydroxylation is 1. The van der Waals surface area contributed by atoms with Gasteiger partial charge in [-0.2, -0.15) is 0 Å². The number of rotatable bonds is 10. The predicted molar refractivity (Wildman–Crippen MR) is 190 cm³/mol. The van der Waals surface area contributed by atoms with Gasteiger partial charge in [-0.3, -0.25) is 14.9 Å². The summed E-state index contributed by atoms with van der Waals surface area (Å²) in [4.78, 5) is 37.2. The van der Waals surface area contributed by atoms with Crippen LogP contribution in [0.2, 0.25) is 0 Å². The number of nitrogens with one attached hydrogen (secondary N) is 2. The highest BCUT2D eigenvalue weighted by Crippen LogP contribution is 2.30. The van der Waals surface area contributed by atoms with Crippen LogP contribution in [0.1, 0.15) is 79.9 Å². The fourth-order valence-corrected chi connectivity index (χ4v) is 7.12. The van der Waals surface area contributed by atoms with Crippen LogP contribution in [-0.4, -0.2) is 49.8 Å². The lowest BCUT2D eigenvalue weighted by atomic mass is 10.0. The van der Waals surface area contributed by atoms with Crippen LogP contribution in [0.15, 0.2) is 71.8 Å². The third-order valence-electron chi connectivity index (χ3n) is 8.73. The Morgan fingerprint density at radius 3 is 2.46 bits per heavy atom. The van der Waals surface area contributed by atoms with Gasteiger partial charge in [-0.15, -0.1) is 0 Å². The van der Waals surface area contributed by atoms with Gasteiger partial charge in [0.2, 0.25) is 0 Å². The van der Waals surface area contributed by atoms with Gasteiger partial charge in [-0.25, -0.2) is 17.9 Å². The van der Waals surface area contributed by atoms with Gasteiger partial charge in [0, 0.05) is 54.3 Å². The molecule has 0 aliphatic heterocycles. The number of aromatic nitrogens is 1. The minimum absolute atomic E-state index is 0.0453. The van der Waals surface area contributed by atoms with E-state index in [2.05, 4.69) is 21.9 Å². The van der Waals surface area contributed by atoms with Crippen molar-refractivity contribution in [3.8, 4) is 17.6 Å². The van der Waals surface area contributed by atoms with Crippen LogP contribution in [0.25, 0.3) is 10.9 Å². The number of carbonyl (C=O) groups excluding carboxylic acids is 3. The van der Waals surface area contributed by atoms with Crippen molar-refractivity contribution < 1.29 is 37.0 Å². The first-order chi connectivity index (χ1) is 23.8. The Morgan fingerprint density at radius 2 is 1.76 bits per heavy atom. The summed E-state index contributed by atoms with van der Waals surface area (Å²) in [5.74, 6) is 4.72. The largest absolute Gasteiger partial charge is 0.496 e. The third-order valence-corrected chi connectivity index (χ3v) is 10.1. The lowest BCUT2D eigenvalue weighted by molar-refractivity contribution is -0.150. The van der Waals surface area contributed by atoms with Crippen molar-refractivity contribution >= 4 is 44.6 Å². The molecule has 4 aromatic rings. The maximum Gasteiger partial charge on any atom is 0.411 e. The van der Waals surface area contributed by atoms with E-state index in [4.69, 9.17) is 14.2 Å². The molecule has 1 fully saturated rings. The Bertz CT molecular complexity index is 2100. The van der Waals surface area contributed by atoms with Gasteiger partial charge in [-0.05, 0) is 92.6 Å².